The number of piperidine rings is 1. The van der Waals surface area contributed by atoms with Gasteiger partial charge in [0.25, 0.3) is 5.91 Å². The Balaban J connectivity index is 1.60. The number of aromatic nitrogens is 4. The molecule has 1 unspecified atom stereocenters. The van der Waals surface area contributed by atoms with Crippen LogP contribution >= 0.6 is 0 Å². The Bertz CT molecular complexity index is 1150. The highest BCUT2D eigenvalue weighted by molar-refractivity contribution is 5.98. The topological polar surface area (TPSA) is 87.7 Å². The van der Waals surface area contributed by atoms with Crippen molar-refractivity contribution in [2.75, 3.05) is 6.54 Å². The molecule has 1 fully saturated rings. The second-order valence-corrected chi connectivity index (χ2v) is 8.33. The third-order valence-electron chi connectivity index (χ3n) is 6.12. The molecule has 0 N–H and O–H groups in total. The first kappa shape index (κ1) is 21.6. The molecule has 8 heteroatoms. The maximum Gasteiger partial charge on any atom is 0.256 e. The molecule has 2 atom stereocenters. The van der Waals surface area contributed by atoms with E-state index < -0.39 is 5.82 Å². The van der Waals surface area contributed by atoms with Crippen molar-refractivity contribution in [1.82, 2.24) is 24.9 Å². The van der Waals surface area contributed by atoms with E-state index in [0.717, 1.165) is 18.4 Å². The quantitative estimate of drug-likeness (QED) is 0.611. The SMILES string of the molecule is Cc1ccc(-n2nccn2)c(C(=O)N2CCC[C@@H](C)C2CCc2ncc(C#N)cc2F)c1. The lowest BCUT2D eigenvalue weighted by Gasteiger charge is -2.40. The molecular weight excluding hydrogens is 407 g/mol. The van der Waals surface area contributed by atoms with Gasteiger partial charge in [-0.1, -0.05) is 18.6 Å². The van der Waals surface area contributed by atoms with Crippen LogP contribution in [0, 0.1) is 30.0 Å². The van der Waals surface area contributed by atoms with Gasteiger partial charge in [0.1, 0.15) is 11.9 Å². The first-order valence-electron chi connectivity index (χ1n) is 10.8. The van der Waals surface area contributed by atoms with E-state index in [2.05, 4.69) is 22.1 Å². The van der Waals surface area contributed by atoms with Gasteiger partial charge < -0.3 is 4.90 Å². The predicted molar refractivity (Wildman–Crippen MR) is 117 cm³/mol. The summed E-state index contributed by atoms with van der Waals surface area (Å²) in [5, 5.41) is 17.3. The molecule has 7 nitrogen and oxygen atoms in total. The van der Waals surface area contributed by atoms with E-state index in [0.29, 0.717) is 36.3 Å². The fourth-order valence-electron chi connectivity index (χ4n) is 4.43. The Morgan fingerprint density at radius 2 is 2.06 bits per heavy atom. The van der Waals surface area contributed by atoms with Crippen LogP contribution in [0.3, 0.4) is 0 Å². The van der Waals surface area contributed by atoms with E-state index >= 15 is 0 Å². The summed E-state index contributed by atoms with van der Waals surface area (Å²) in [6.07, 6.45) is 7.49. The molecule has 3 aromatic rings. The molecule has 1 aromatic carbocycles. The molecule has 2 aromatic heterocycles. The Labute approximate surface area is 186 Å². The van der Waals surface area contributed by atoms with E-state index in [-0.39, 0.29) is 23.4 Å². The molecule has 0 aliphatic carbocycles. The Kier molecular flexibility index (Phi) is 6.26. The average molecular weight is 433 g/mol. The van der Waals surface area contributed by atoms with Gasteiger partial charge in [0.05, 0.1) is 34.9 Å². The van der Waals surface area contributed by atoms with Crippen molar-refractivity contribution < 1.29 is 9.18 Å². The van der Waals surface area contributed by atoms with E-state index in [1.54, 1.807) is 12.4 Å². The lowest BCUT2D eigenvalue weighted by atomic mass is 9.86. The van der Waals surface area contributed by atoms with E-state index in [1.807, 2.05) is 36.1 Å². The van der Waals surface area contributed by atoms with Gasteiger partial charge in [0.15, 0.2) is 0 Å². The number of carbonyl (C=O) groups is 1. The Hall–Kier alpha value is -3.60. The van der Waals surface area contributed by atoms with E-state index in [1.165, 1.54) is 17.1 Å². The van der Waals surface area contributed by atoms with Crippen molar-refractivity contribution in [3.63, 3.8) is 0 Å². The summed E-state index contributed by atoms with van der Waals surface area (Å²) >= 11 is 0. The lowest BCUT2D eigenvalue weighted by molar-refractivity contribution is 0.0498. The van der Waals surface area contributed by atoms with E-state index in [4.69, 9.17) is 5.26 Å². The smallest absolute Gasteiger partial charge is 0.256 e. The standard InChI is InChI=1S/C24H25FN6O/c1-16-5-7-23(31-28-9-10-29-31)19(12-16)24(32)30-11-3-4-17(2)22(30)8-6-21-20(25)13-18(14-26)15-27-21/h5,7,9-10,12-13,15,17,22H,3-4,6,8,11H2,1-2H3/t17-,22?/m1/s1. The van der Waals surface area contributed by atoms with Crippen molar-refractivity contribution >= 4 is 5.91 Å². The fraction of sp³-hybridized carbons (Fsp3) is 0.375. The van der Waals surface area contributed by atoms with Gasteiger partial charge in [-0.25, -0.2) is 4.39 Å². The van der Waals surface area contributed by atoms with Crippen molar-refractivity contribution in [3.8, 4) is 11.8 Å². The number of pyridine rings is 1. The molecule has 1 aliphatic heterocycles. The number of nitrogens with zero attached hydrogens (tertiary/aromatic N) is 6. The van der Waals surface area contributed by atoms with Gasteiger partial charge in [0.2, 0.25) is 0 Å². The van der Waals surface area contributed by atoms with Gasteiger partial charge in [-0.15, -0.1) is 0 Å². The molecule has 1 aliphatic rings. The second-order valence-electron chi connectivity index (χ2n) is 8.33. The molecule has 32 heavy (non-hydrogen) atoms. The Morgan fingerprint density at radius 1 is 1.28 bits per heavy atom. The summed E-state index contributed by atoms with van der Waals surface area (Å²) in [5.74, 6) is -0.257. The number of carbonyl (C=O) groups excluding carboxylic acids is 1. The van der Waals surface area contributed by atoms with Gasteiger partial charge in [0, 0.05) is 18.8 Å². The van der Waals surface area contributed by atoms with Crippen molar-refractivity contribution in [1.29, 1.82) is 5.26 Å². The van der Waals surface area contributed by atoms with Crippen molar-refractivity contribution in [2.24, 2.45) is 5.92 Å². The zero-order chi connectivity index (χ0) is 22.7. The van der Waals surface area contributed by atoms with Crippen molar-refractivity contribution in [3.05, 3.63) is 71.1 Å². The molecule has 0 radical (unpaired) electrons. The van der Waals surface area contributed by atoms with Gasteiger partial charge >= 0.3 is 0 Å². The summed E-state index contributed by atoms with van der Waals surface area (Å²) < 4.78 is 14.4. The number of hydrogen-bond acceptors (Lipinski definition) is 5. The summed E-state index contributed by atoms with van der Waals surface area (Å²) in [6, 6.07) is 8.75. The van der Waals surface area contributed by atoms with Crippen LogP contribution in [0.5, 0.6) is 0 Å². The predicted octanol–water partition coefficient (Wildman–Crippen LogP) is 3.86. The number of amides is 1. The fourth-order valence-corrected chi connectivity index (χ4v) is 4.43. The largest absolute Gasteiger partial charge is 0.335 e. The molecule has 0 spiro atoms. The van der Waals surface area contributed by atoms with Crippen LogP contribution in [0.25, 0.3) is 5.69 Å². The first-order valence-corrected chi connectivity index (χ1v) is 10.8. The summed E-state index contributed by atoms with van der Waals surface area (Å²) in [7, 11) is 0. The average Bonchev–Trinajstić information content (AvgIpc) is 3.33. The molecule has 1 saturated heterocycles. The lowest BCUT2D eigenvalue weighted by Crippen LogP contribution is -2.48. The summed E-state index contributed by atoms with van der Waals surface area (Å²) in [5.41, 5.74) is 2.71. The van der Waals surface area contributed by atoms with Crippen LogP contribution in [-0.4, -0.2) is 43.4 Å². The number of halogens is 1. The number of nitriles is 1. The summed E-state index contributed by atoms with van der Waals surface area (Å²) in [4.78, 5) is 21.2. The molecular formula is C24H25FN6O. The number of rotatable bonds is 5. The monoisotopic (exact) mass is 432 g/mol. The molecule has 164 valence electrons. The van der Waals surface area contributed by atoms with Gasteiger partial charge in [-0.05, 0) is 56.7 Å². The van der Waals surface area contributed by atoms with Crippen LogP contribution in [0.15, 0.2) is 42.9 Å². The van der Waals surface area contributed by atoms with Crippen molar-refractivity contribution in [2.45, 2.75) is 45.6 Å². The minimum absolute atomic E-state index is 0.0352. The maximum atomic E-state index is 14.4. The number of hydrogen-bond donors (Lipinski definition) is 0. The number of likely N-dealkylation sites (tertiary alicyclic amines) is 1. The van der Waals surface area contributed by atoms with Crippen LogP contribution in [0.2, 0.25) is 0 Å². The van der Waals surface area contributed by atoms with Crippen LogP contribution in [0.1, 0.15) is 53.4 Å². The minimum atomic E-state index is -0.476. The highest BCUT2D eigenvalue weighted by atomic mass is 19.1. The minimum Gasteiger partial charge on any atom is -0.335 e. The third-order valence-corrected chi connectivity index (χ3v) is 6.12. The molecule has 0 bridgehead atoms. The Morgan fingerprint density at radius 3 is 2.78 bits per heavy atom. The number of benzene rings is 1. The second kappa shape index (κ2) is 9.27. The van der Waals surface area contributed by atoms with Gasteiger partial charge in [-0.3, -0.25) is 9.78 Å². The maximum absolute atomic E-state index is 14.4. The van der Waals surface area contributed by atoms with E-state index in [9.17, 15) is 9.18 Å². The normalized spacial score (nSPS) is 18.4. The zero-order valence-electron chi connectivity index (χ0n) is 18.2. The van der Waals surface area contributed by atoms with Crippen LogP contribution in [-0.2, 0) is 6.42 Å². The molecule has 3 heterocycles. The highest BCUT2D eigenvalue weighted by Gasteiger charge is 2.33. The molecule has 4 rings (SSSR count). The van der Waals surface area contributed by atoms with Gasteiger partial charge in [-0.2, -0.15) is 20.3 Å². The third kappa shape index (κ3) is 4.37. The first-order chi connectivity index (χ1) is 15.5. The van der Waals surface area contributed by atoms with Crippen LogP contribution < -0.4 is 0 Å². The molecule has 0 saturated carbocycles. The summed E-state index contributed by atoms with van der Waals surface area (Å²) in [6.45, 7) is 4.74. The zero-order valence-corrected chi connectivity index (χ0v) is 18.2. The van der Waals surface area contributed by atoms with Crippen LogP contribution in [0.4, 0.5) is 4.39 Å². The highest BCUT2D eigenvalue weighted by Crippen LogP contribution is 2.30. The number of aryl methyl sites for hydroxylation is 2. The molecule has 1 amide bonds.